The van der Waals surface area contributed by atoms with Crippen molar-refractivity contribution in [3.63, 3.8) is 0 Å². The van der Waals surface area contributed by atoms with Crippen molar-refractivity contribution in [2.75, 3.05) is 18.6 Å². The second kappa shape index (κ2) is 7.32. The number of benzene rings is 1. The molecule has 0 unspecified atom stereocenters. The summed E-state index contributed by atoms with van der Waals surface area (Å²) in [4.78, 5) is 19.2. The molecule has 0 N–H and O–H groups in total. The summed E-state index contributed by atoms with van der Waals surface area (Å²) in [6.07, 6.45) is -3.50. The minimum Gasteiger partial charge on any atom is -0.477 e. The molecule has 0 amide bonds. The van der Waals surface area contributed by atoms with Crippen LogP contribution in [0.25, 0.3) is 0 Å². The van der Waals surface area contributed by atoms with Gasteiger partial charge < -0.3 is 9.64 Å². The lowest BCUT2D eigenvalue weighted by molar-refractivity contribution is -0.384. The Hall–Kier alpha value is -2.91. The first-order valence-electron chi connectivity index (χ1n) is 7.29. The summed E-state index contributed by atoms with van der Waals surface area (Å²) >= 11 is 0. The molecule has 0 bridgehead atoms. The molecule has 25 heavy (non-hydrogen) atoms. The Morgan fingerprint density at radius 3 is 2.68 bits per heavy atom. The molecule has 0 atom stereocenters. The van der Waals surface area contributed by atoms with Crippen molar-refractivity contribution in [1.82, 2.24) is 9.97 Å². The van der Waals surface area contributed by atoms with Gasteiger partial charge in [0, 0.05) is 25.4 Å². The second-order valence-corrected chi connectivity index (χ2v) is 5.07. The summed E-state index contributed by atoms with van der Waals surface area (Å²) in [5.41, 5.74) is -0.869. The van der Waals surface area contributed by atoms with Crippen LogP contribution in [0.1, 0.15) is 18.9 Å². The first-order valence-corrected chi connectivity index (χ1v) is 7.29. The Balaban J connectivity index is 2.41. The van der Waals surface area contributed by atoms with E-state index >= 15 is 0 Å². The number of halogens is 3. The average molecular weight is 356 g/mol. The predicted molar refractivity (Wildman–Crippen MR) is 84.0 cm³/mol. The third-order valence-corrected chi connectivity index (χ3v) is 3.22. The molecule has 1 heterocycles. The molecule has 0 fully saturated rings. The van der Waals surface area contributed by atoms with Gasteiger partial charge in [-0.05, 0) is 12.5 Å². The van der Waals surface area contributed by atoms with Crippen molar-refractivity contribution in [2.24, 2.45) is 0 Å². The number of alkyl halides is 3. The van der Waals surface area contributed by atoms with Crippen molar-refractivity contribution in [1.29, 1.82) is 0 Å². The number of nitro groups is 1. The van der Waals surface area contributed by atoms with E-state index in [2.05, 4.69) is 9.97 Å². The van der Waals surface area contributed by atoms with Crippen LogP contribution >= 0.6 is 0 Å². The molecule has 0 saturated carbocycles. The lowest BCUT2D eigenvalue weighted by Gasteiger charge is -2.19. The quantitative estimate of drug-likeness (QED) is 0.576. The molecule has 2 aromatic rings. The second-order valence-electron chi connectivity index (χ2n) is 5.07. The number of non-ortho nitro benzene ring substituents is 1. The number of anilines is 2. The van der Waals surface area contributed by atoms with Crippen LogP contribution in [0.5, 0.6) is 5.88 Å². The van der Waals surface area contributed by atoms with Gasteiger partial charge in [0.05, 0.1) is 17.2 Å². The van der Waals surface area contributed by atoms with E-state index in [1.807, 2.05) is 0 Å². The highest BCUT2D eigenvalue weighted by atomic mass is 19.4. The number of aromatic nitrogens is 2. The van der Waals surface area contributed by atoms with Crippen molar-refractivity contribution >= 4 is 17.3 Å². The van der Waals surface area contributed by atoms with Gasteiger partial charge in [0.2, 0.25) is 11.8 Å². The SMILES string of the molecule is CCCOc1nc(N(C)c2cccc([N+](=O)[O-])c2)ncc1C(F)(F)F. The van der Waals surface area contributed by atoms with Gasteiger partial charge in [0.15, 0.2) is 0 Å². The van der Waals surface area contributed by atoms with E-state index in [1.165, 1.54) is 30.1 Å². The summed E-state index contributed by atoms with van der Waals surface area (Å²) in [6.45, 7) is 1.82. The zero-order chi connectivity index (χ0) is 18.6. The van der Waals surface area contributed by atoms with Crippen molar-refractivity contribution in [2.45, 2.75) is 19.5 Å². The third kappa shape index (κ3) is 4.34. The molecule has 10 heteroatoms. The van der Waals surface area contributed by atoms with Gasteiger partial charge in [-0.2, -0.15) is 18.2 Å². The summed E-state index contributed by atoms with van der Waals surface area (Å²) in [5.74, 6) is -0.642. The normalized spacial score (nSPS) is 11.2. The molecule has 0 spiro atoms. The Morgan fingerprint density at radius 1 is 1.36 bits per heavy atom. The van der Waals surface area contributed by atoms with Crippen LogP contribution in [0.15, 0.2) is 30.5 Å². The van der Waals surface area contributed by atoms with Crippen LogP contribution < -0.4 is 9.64 Å². The summed E-state index contributed by atoms with van der Waals surface area (Å²) in [6, 6.07) is 5.59. The molecule has 2 rings (SSSR count). The van der Waals surface area contributed by atoms with Gasteiger partial charge in [-0.1, -0.05) is 13.0 Å². The zero-order valence-electron chi connectivity index (χ0n) is 13.4. The number of nitro benzene ring substituents is 1. The van der Waals surface area contributed by atoms with Crippen molar-refractivity contribution in [3.8, 4) is 5.88 Å². The number of ether oxygens (including phenoxy) is 1. The highest BCUT2D eigenvalue weighted by molar-refractivity contribution is 5.60. The molecule has 0 saturated heterocycles. The summed E-state index contributed by atoms with van der Waals surface area (Å²) in [5, 5.41) is 10.9. The van der Waals surface area contributed by atoms with Crippen LogP contribution in [0, 0.1) is 10.1 Å². The van der Waals surface area contributed by atoms with E-state index in [9.17, 15) is 23.3 Å². The molecule has 1 aromatic carbocycles. The molecule has 0 aliphatic heterocycles. The molecule has 7 nitrogen and oxygen atoms in total. The van der Waals surface area contributed by atoms with Crippen LogP contribution in [0.3, 0.4) is 0 Å². The molecular formula is C15H15F3N4O3. The maximum atomic E-state index is 13.0. The highest BCUT2D eigenvalue weighted by Crippen LogP contribution is 2.36. The van der Waals surface area contributed by atoms with Crippen LogP contribution in [-0.2, 0) is 6.18 Å². The predicted octanol–water partition coefficient (Wildman–Crippen LogP) is 3.96. The standard InChI is InChI=1S/C15H15F3N4O3/c1-3-7-25-13-12(15(16,17)18)9-19-14(20-13)21(2)10-5-4-6-11(8-10)22(23)24/h4-6,8-9H,3,7H2,1-2H3. The zero-order valence-corrected chi connectivity index (χ0v) is 13.4. The summed E-state index contributed by atoms with van der Waals surface area (Å²) in [7, 11) is 1.49. The highest BCUT2D eigenvalue weighted by Gasteiger charge is 2.36. The van der Waals surface area contributed by atoms with E-state index in [0.717, 1.165) is 0 Å². The topological polar surface area (TPSA) is 81.4 Å². The fourth-order valence-electron chi connectivity index (χ4n) is 1.95. The number of rotatable bonds is 6. The fourth-order valence-corrected chi connectivity index (χ4v) is 1.95. The van der Waals surface area contributed by atoms with Gasteiger partial charge in [0.25, 0.3) is 5.69 Å². The minimum absolute atomic E-state index is 0.0695. The number of hydrogen-bond acceptors (Lipinski definition) is 6. The smallest absolute Gasteiger partial charge is 0.423 e. The largest absolute Gasteiger partial charge is 0.477 e. The average Bonchev–Trinajstić information content (AvgIpc) is 2.58. The first-order chi connectivity index (χ1) is 11.7. The van der Waals surface area contributed by atoms with Gasteiger partial charge in [-0.25, -0.2) is 4.98 Å². The van der Waals surface area contributed by atoms with E-state index in [-0.39, 0.29) is 18.2 Å². The summed E-state index contributed by atoms with van der Waals surface area (Å²) < 4.78 is 44.2. The lowest BCUT2D eigenvalue weighted by Crippen LogP contribution is -2.17. The molecule has 0 aliphatic carbocycles. The van der Waals surface area contributed by atoms with Crippen molar-refractivity contribution in [3.05, 3.63) is 46.1 Å². The molecule has 134 valence electrons. The number of nitrogens with zero attached hydrogens (tertiary/aromatic N) is 4. The minimum atomic E-state index is -4.65. The monoisotopic (exact) mass is 356 g/mol. The molecule has 1 aromatic heterocycles. The lowest BCUT2D eigenvalue weighted by atomic mass is 10.2. The fraction of sp³-hybridized carbons (Fsp3) is 0.333. The van der Waals surface area contributed by atoms with E-state index in [4.69, 9.17) is 4.74 Å². The number of hydrogen-bond donors (Lipinski definition) is 0. The molecule has 0 radical (unpaired) electrons. The Morgan fingerprint density at radius 2 is 2.08 bits per heavy atom. The van der Waals surface area contributed by atoms with Gasteiger partial charge >= 0.3 is 6.18 Å². The Labute approximate surface area is 141 Å². The van der Waals surface area contributed by atoms with Crippen LogP contribution in [-0.4, -0.2) is 28.5 Å². The van der Waals surface area contributed by atoms with Gasteiger partial charge in [-0.3, -0.25) is 10.1 Å². The maximum absolute atomic E-state index is 13.0. The molecule has 0 aliphatic rings. The van der Waals surface area contributed by atoms with E-state index in [0.29, 0.717) is 18.3 Å². The Kier molecular flexibility index (Phi) is 5.40. The first kappa shape index (κ1) is 18.4. The third-order valence-electron chi connectivity index (χ3n) is 3.22. The van der Waals surface area contributed by atoms with Crippen LogP contribution in [0.2, 0.25) is 0 Å². The van der Waals surface area contributed by atoms with Crippen LogP contribution in [0.4, 0.5) is 30.5 Å². The van der Waals surface area contributed by atoms with E-state index < -0.39 is 22.5 Å². The maximum Gasteiger partial charge on any atom is 0.423 e. The van der Waals surface area contributed by atoms with Gasteiger partial charge in [-0.15, -0.1) is 0 Å². The van der Waals surface area contributed by atoms with E-state index in [1.54, 1.807) is 13.0 Å². The van der Waals surface area contributed by atoms with Gasteiger partial charge in [0.1, 0.15) is 5.56 Å². The Bertz CT molecular complexity index is 768. The van der Waals surface area contributed by atoms with Crippen molar-refractivity contribution < 1.29 is 22.8 Å². The molecular weight excluding hydrogens is 341 g/mol.